The number of nitrogens with zero attached hydrogens (tertiary/aromatic N) is 1. The van der Waals surface area contributed by atoms with Crippen LogP contribution in [-0.2, 0) is 12.8 Å². The Morgan fingerprint density at radius 1 is 1.06 bits per heavy atom. The molecule has 0 aliphatic heterocycles. The van der Waals surface area contributed by atoms with Crippen molar-refractivity contribution in [3.8, 4) is 0 Å². The molecular weight excluding hydrogens is 200 g/mol. The minimum atomic E-state index is 0.258. The van der Waals surface area contributed by atoms with E-state index in [4.69, 9.17) is 10.2 Å². The third kappa shape index (κ3) is 1.77. The summed E-state index contributed by atoms with van der Waals surface area (Å²) in [5.41, 5.74) is 7.38. The summed E-state index contributed by atoms with van der Waals surface area (Å²) in [6.45, 7) is 0. The lowest BCUT2D eigenvalue weighted by Crippen LogP contribution is -2.31. The van der Waals surface area contributed by atoms with Crippen molar-refractivity contribution in [3.05, 3.63) is 17.3 Å². The number of fused-ring (bicyclic) bond motifs is 1. The summed E-state index contributed by atoms with van der Waals surface area (Å²) in [4.78, 5) is 4.68. The van der Waals surface area contributed by atoms with Gasteiger partial charge in [-0.3, -0.25) is 0 Å². The van der Waals surface area contributed by atoms with Crippen LogP contribution in [-0.4, -0.2) is 11.0 Å². The second-order valence-corrected chi connectivity index (χ2v) is 5.18. The first kappa shape index (κ1) is 10.3. The molecule has 1 aromatic heterocycles. The van der Waals surface area contributed by atoms with Crippen LogP contribution >= 0.6 is 0 Å². The Kier molecular flexibility index (Phi) is 2.72. The van der Waals surface area contributed by atoms with Gasteiger partial charge in [0.2, 0.25) is 0 Å². The second-order valence-electron chi connectivity index (χ2n) is 5.18. The highest BCUT2D eigenvalue weighted by atomic mass is 16.4. The standard InChI is InChI=1S/C13H20N2O/c14-10-6-2-1-5-9(10)13-15-11-7-3-4-8-12(11)16-13/h9-10H,1-8,14H2. The largest absolute Gasteiger partial charge is 0.445 e. The van der Waals surface area contributed by atoms with Crippen LogP contribution in [0.2, 0.25) is 0 Å². The average molecular weight is 220 g/mol. The van der Waals surface area contributed by atoms with E-state index >= 15 is 0 Å². The van der Waals surface area contributed by atoms with E-state index in [0.717, 1.165) is 37.3 Å². The highest BCUT2D eigenvalue weighted by Gasteiger charge is 2.29. The molecule has 0 saturated heterocycles. The minimum absolute atomic E-state index is 0.258. The molecule has 3 nitrogen and oxygen atoms in total. The molecule has 2 aliphatic rings. The Bertz CT molecular complexity index is 349. The second kappa shape index (κ2) is 4.21. The van der Waals surface area contributed by atoms with E-state index in [1.54, 1.807) is 0 Å². The van der Waals surface area contributed by atoms with E-state index in [1.165, 1.54) is 31.4 Å². The Morgan fingerprint density at radius 2 is 1.88 bits per heavy atom. The molecule has 0 spiro atoms. The van der Waals surface area contributed by atoms with E-state index in [9.17, 15) is 0 Å². The van der Waals surface area contributed by atoms with Gasteiger partial charge in [-0.25, -0.2) is 4.98 Å². The summed E-state index contributed by atoms with van der Waals surface area (Å²) in [5.74, 6) is 2.44. The summed E-state index contributed by atoms with van der Waals surface area (Å²) >= 11 is 0. The van der Waals surface area contributed by atoms with Crippen LogP contribution in [0.1, 0.15) is 61.8 Å². The van der Waals surface area contributed by atoms with Gasteiger partial charge >= 0.3 is 0 Å². The van der Waals surface area contributed by atoms with Gasteiger partial charge in [-0.2, -0.15) is 0 Å². The van der Waals surface area contributed by atoms with Gasteiger partial charge in [0, 0.05) is 12.5 Å². The van der Waals surface area contributed by atoms with Crippen LogP contribution in [0, 0.1) is 0 Å². The van der Waals surface area contributed by atoms with Gasteiger partial charge in [-0.1, -0.05) is 12.8 Å². The van der Waals surface area contributed by atoms with Crippen molar-refractivity contribution in [1.29, 1.82) is 0 Å². The van der Waals surface area contributed by atoms with Crippen LogP contribution in [0.25, 0.3) is 0 Å². The van der Waals surface area contributed by atoms with Crippen molar-refractivity contribution in [2.75, 3.05) is 0 Å². The van der Waals surface area contributed by atoms with E-state index in [2.05, 4.69) is 4.98 Å². The molecule has 3 rings (SSSR count). The lowest BCUT2D eigenvalue weighted by atomic mass is 9.85. The van der Waals surface area contributed by atoms with Crippen molar-refractivity contribution in [3.63, 3.8) is 0 Å². The van der Waals surface area contributed by atoms with Crippen molar-refractivity contribution < 1.29 is 4.42 Å². The van der Waals surface area contributed by atoms with E-state index in [0.29, 0.717) is 5.92 Å². The van der Waals surface area contributed by atoms with E-state index < -0.39 is 0 Å². The number of rotatable bonds is 1. The van der Waals surface area contributed by atoms with Gasteiger partial charge < -0.3 is 10.2 Å². The third-order valence-corrected chi connectivity index (χ3v) is 4.00. The van der Waals surface area contributed by atoms with Crippen LogP contribution < -0.4 is 5.73 Å². The Morgan fingerprint density at radius 3 is 2.69 bits per heavy atom. The highest BCUT2D eigenvalue weighted by Crippen LogP contribution is 2.33. The van der Waals surface area contributed by atoms with Gasteiger partial charge in [0.05, 0.1) is 11.6 Å². The fraction of sp³-hybridized carbons (Fsp3) is 0.769. The van der Waals surface area contributed by atoms with Crippen LogP contribution in [0.5, 0.6) is 0 Å². The van der Waals surface area contributed by atoms with Crippen LogP contribution in [0.3, 0.4) is 0 Å². The van der Waals surface area contributed by atoms with E-state index in [1.807, 2.05) is 0 Å². The zero-order chi connectivity index (χ0) is 11.0. The normalized spacial score (nSPS) is 30.1. The van der Waals surface area contributed by atoms with Gasteiger partial charge in [-0.15, -0.1) is 0 Å². The van der Waals surface area contributed by atoms with Gasteiger partial charge in [0.15, 0.2) is 5.89 Å². The number of hydrogen-bond acceptors (Lipinski definition) is 3. The van der Waals surface area contributed by atoms with Crippen molar-refractivity contribution in [2.24, 2.45) is 5.73 Å². The minimum Gasteiger partial charge on any atom is -0.445 e. The van der Waals surface area contributed by atoms with Crippen LogP contribution in [0.4, 0.5) is 0 Å². The Balaban J connectivity index is 1.85. The molecule has 1 saturated carbocycles. The molecule has 2 atom stereocenters. The number of nitrogens with two attached hydrogens (primary N) is 1. The molecule has 2 unspecified atom stereocenters. The van der Waals surface area contributed by atoms with Gasteiger partial charge in [0.1, 0.15) is 5.76 Å². The molecule has 2 N–H and O–H groups in total. The first-order valence-electron chi connectivity index (χ1n) is 6.58. The SMILES string of the molecule is NC1CCCCC1c1nc2c(o1)CCCC2. The number of hydrogen-bond donors (Lipinski definition) is 1. The highest BCUT2D eigenvalue weighted by molar-refractivity contribution is 5.15. The first-order valence-corrected chi connectivity index (χ1v) is 6.58. The first-order chi connectivity index (χ1) is 7.84. The molecule has 1 aromatic rings. The fourth-order valence-corrected chi connectivity index (χ4v) is 3.00. The monoisotopic (exact) mass is 220 g/mol. The van der Waals surface area contributed by atoms with Crippen molar-refractivity contribution in [1.82, 2.24) is 4.98 Å². The average Bonchev–Trinajstić information content (AvgIpc) is 2.73. The summed E-state index contributed by atoms with van der Waals surface area (Å²) in [6, 6.07) is 0.258. The summed E-state index contributed by atoms with van der Waals surface area (Å²) < 4.78 is 5.92. The maximum atomic E-state index is 6.17. The molecular formula is C13H20N2O. The molecule has 88 valence electrons. The zero-order valence-corrected chi connectivity index (χ0v) is 9.74. The molecule has 3 heteroatoms. The zero-order valence-electron chi connectivity index (χ0n) is 9.74. The molecule has 0 bridgehead atoms. The van der Waals surface area contributed by atoms with Crippen LogP contribution in [0.15, 0.2) is 4.42 Å². The van der Waals surface area contributed by atoms with Crippen molar-refractivity contribution in [2.45, 2.75) is 63.3 Å². The maximum absolute atomic E-state index is 6.17. The van der Waals surface area contributed by atoms with Gasteiger partial charge in [0.25, 0.3) is 0 Å². The Labute approximate surface area is 96.4 Å². The molecule has 0 amide bonds. The predicted molar refractivity (Wildman–Crippen MR) is 62.3 cm³/mol. The van der Waals surface area contributed by atoms with E-state index in [-0.39, 0.29) is 6.04 Å². The predicted octanol–water partition coefficient (Wildman–Crippen LogP) is 2.54. The topological polar surface area (TPSA) is 52.0 Å². The summed E-state index contributed by atoms with van der Waals surface area (Å²) in [5, 5.41) is 0. The quantitative estimate of drug-likeness (QED) is 0.791. The lowest BCUT2D eigenvalue weighted by molar-refractivity contribution is 0.316. The smallest absolute Gasteiger partial charge is 0.199 e. The summed E-state index contributed by atoms with van der Waals surface area (Å²) in [6.07, 6.45) is 9.49. The molecule has 2 aliphatic carbocycles. The number of aryl methyl sites for hydroxylation is 2. The molecule has 1 fully saturated rings. The summed E-state index contributed by atoms with van der Waals surface area (Å²) in [7, 11) is 0. The number of oxazole rings is 1. The molecule has 1 heterocycles. The Hall–Kier alpha value is -0.830. The molecule has 16 heavy (non-hydrogen) atoms. The fourth-order valence-electron chi connectivity index (χ4n) is 3.00. The van der Waals surface area contributed by atoms with Crippen molar-refractivity contribution >= 4 is 0 Å². The number of aromatic nitrogens is 1. The third-order valence-electron chi connectivity index (χ3n) is 4.00. The molecule has 0 radical (unpaired) electrons. The molecule has 0 aromatic carbocycles. The van der Waals surface area contributed by atoms with Gasteiger partial charge in [-0.05, 0) is 32.1 Å². The maximum Gasteiger partial charge on any atom is 0.199 e. The lowest BCUT2D eigenvalue weighted by Gasteiger charge is -2.25.